The molecule has 1 atom stereocenters. The summed E-state index contributed by atoms with van der Waals surface area (Å²) in [5.41, 5.74) is 0.994. The Hall–Kier alpha value is -2.38. The Kier molecular flexibility index (Phi) is 2.69. The van der Waals surface area contributed by atoms with Gasteiger partial charge >= 0.3 is 0 Å². The molecule has 2 aromatic rings. The van der Waals surface area contributed by atoms with E-state index in [4.69, 9.17) is 0 Å². The van der Waals surface area contributed by atoms with Gasteiger partial charge in [0.1, 0.15) is 6.17 Å². The Morgan fingerprint density at radius 1 is 1.53 bits per heavy atom. The van der Waals surface area contributed by atoms with Crippen molar-refractivity contribution in [1.82, 2.24) is 25.0 Å². The molecule has 0 aliphatic carbocycles. The van der Waals surface area contributed by atoms with E-state index >= 15 is 0 Å². The molecule has 19 heavy (non-hydrogen) atoms. The Labute approximate surface area is 108 Å². The van der Waals surface area contributed by atoms with Crippen LogP contribution >= 0.6 is 0 Å². The van der Waals surface area contributed by atoms with E-state index in [1.54, 1.807) is 13.1 Å². The smallest absolute Gasteiger partial charge is 0.277 e. The normalized spacial score (nSPS) is 17.3. The highest BCUT2D eigenvalue weighted by molar-refractivity contribution is 6.03. The van der Waals surface area contributed by atoms with Crippen LogP contribution in [0.4, 0.5) is 10.3 Å². The average molecular weight is 262 g/mol. The average Bonchev–Trinajstić information content (AvgIpc) is 2.95. The van der Waals surface area contributed by atoms with Crippen LogP contribution in [0.5, 0.6) is 0 Å². The second kappa shape index (κ2) is 4.38. The predicted octanol–water partition coefficient (Wildman–Crippen LogP) is 0.239. The van der Waals surface area contributed by atoms with E-state index < -0.39 is 6.17 Å². The van der Waals surface area contributed by atoms with Gasteiger partial charge in [-0.2, -0.15) is 10.2 Å². The number of aromatic nitrogens is 5. The van der Waals surface area contributed by atoms with Crippen molar-refractivity contribution in [1.29, 1.82) is 0 Å². The second-order valence-electron chi connectivity index (χ2n) is 4.31. The van der Waals surface area contributed by atoms with Crippen LogP contribution in [0.15, 0.2) is 18.5 Å². The lowest BCUT2D eigenvalue weighted by atomic mass is 10.2. The number of anilines is 1. The largest absolute Gasteiger partial charge is 0.280 e. The standard InChI is InChI=1S/C11H11FN6O/c1-17(11-13-2-3-14-15-11)10(19)9-5-8-4-7(12)6-18(8)16-9/h2-3,5,7H,4,6H2,1H3. The first-order chi connectivity index (χ1) is 9.15. The van der Waals surface area contributed by atoms with Crippen LogP contribution in [-0.2, 0) is 13.0 Å². The van der Waals surface area contributed by atoms with E-state index in [2.05, 4.69) is 20.3 Å². The van der Waals surface area contributed by atoms with E-state index in [9.17, 15) is 9.18 Å². The maximum absolute atomic E-state index is 13.1. The zero-order valence-electron chi connectivity index (χ0n) is 10.2. The Morgan fingerprint density at radius 2 is 2.37 bits per heavy atom. The fourth-order valence-corrected chi connectivity index (χ4v) is 2.02. The first kappa shape index (κ1) is 11.7. The topological polar surface area (TPSA) is 76.8 Å². The molecule has 0 fully saturated rings. The van der Waals surface area contributed by atoms with Crippen molar-refractivity contribution >= 4 is 11.9 Å². The molecule has 7 nitrogen and oxygen atoms in total. The summed E-state index contributed by atoms with van der Waals surface area (Å²) in [6.07, 6.45) is 2.26. The summed E-state index contributed by atoms with van der Waals surface area (Å²) in [4.78, 5) is 17.4. The van der Waals surface area contributed by atoms with Gasteiger partial charge in [0.15, 0.2) is 5.69 Å². The molecule has 0 bridgehead atoms. The lowest BCUT2D eigenvalue weighted by Crippen LogP contribution is -2.28. The Bertz CT molecular complexity index is 589. The highest BCUT2D eigenvalue weighted by Crippen LogP contribution is 2.19. The summed E-state index contributed by atoms with van der Waals surface area (Å²) in [6, 6.07) is 1.61. The minimum Gasteiger partial charge on any atom is -0.277 e. The van der Waals surface area contributed by atoms with Gasteiger partial charge in [-0.15, -0.1) is 5.10 Å². The van der Waals surface area contributed by atoms with Crippen molar-refractivity contribution in [2.24, 2.45) is 0 Å². The van der Waals surface area contributed by atoms with Crippen LogP contribution in [0.2, 0.25) is 0 Å². The Morgan fingerprint density at radius 3 is 3.05 bits per heavy atom. The molecule has 1 aliphatic heterocycles. The number of amides is 1. The molecule has 0 radical (unpaired) electrons. The van der Waals surface area contributed by atoms with Gasteiger partial charge in [-0.3, -0.25) is 14.4 Å². The number of carbonyl (C=O) groups excluding carboxylic acids is 1. The molecule has 0 spiro atoms. The van der Waals surface area contributed by atoms with Crippen molar-refractivity contribution in [3.63, 3.8) is 0 Å². The number of fused-ring (bicyclic) bond motifs is 1. The molecule has 3 heterocycles. The molecule has 0 N–H and O–H groups in total. The Balaban J connectivity index is 1.83. The van der Waals surface area contributed by atoms with Crippen LogP contribution < -0.4 is 4.90 Å². The number of rotatable bonds is 2. The van der Waals surface area contributed by atoms with Crippen LogP contribution in [0.1, 0.15) is 16.2 Å². The first-order valence-electron chi connectivity index (χ1n) is 5.77. The molecular formula is C11H11FN6O. The summed E-state index contributed by atoms with van der Waals surface area (Å²) >= 11 is 0. The van der Waals surface area contributed by atoms with Crippen molar-refractivity contribution in [3.8, 4) is 0 Å². The zero-order chi connectivity index (χ0) is 13.4. The van der Waals surface area contributed by atoms with Gasteiger partial charge in [0.05, 0.1) is 18.9 Å². The van der Waals surface area contributed by atoms with Crippen LogP contribution in [0.25, 0.3) is 0 Å². The molecule has 8 heteroatoms. The maximum atomic E-state index is 13.1. The minimum absolute atomic E-state index is 0.198. The third kappa shape index (κ3) is 2.05. The van der Waals surface area contributed by atoms with Crippen molar-refractivity contribution in [3.05, 3.63) is 29.8 Å². The number of halogens is 1. The second-order valence-corrected chi connectivity index (χ2v) is 4.31. The quantitative estimate of drug-likeness (QED) is 0.774. The number of nitrogens with zero attached hydrogens (tertiary/aromatic N) is 6. The maximum Gasteiger partial charge on any atom is 0.280 e. The summed E-state index contributed by atoms with van der Waals surface area (Å²) in [5, 5.41) is 11.5. The van der Waals surface area contributed by atoms with Gasteiger partial charge < -0.3 is 0 Å². The molecule has 98 valence electrons. The lowest BCUT2D eigenvalue weighted by molar-refractivity contribution is 0.0985. The number of carbonyl (C=O) groups is 1. The fourth-order valence-electron chi connectivity index (χ4n) is 2.02. The zero-order valence-corrected chi connectivity index (χ0v) is 10.2. The first-order valence-corrected chi connectivity index (χ1v) is 5.77. The van der Waals surface area contributed by atoms with Gasteiger partial charge in [-0.1, -0.05) is 0 Å². The third-order valence-electron chi connectivity index (χ3n) is 2.96. The number of hydrogen-bond donors (Lipinski definition) is 0. The number of alkyl halides is 1. The summed E-state index contributed by atoms with van der Waals surface area (Å²) < 4.78 is 14.6. The molecule has 1 aliphatic rings. The van der Waals surface area contributed by atoms with Gasteiger partial charge in [0.2, 0.25) is 0 Å². The molecule has 0 saturated heterocycles. The molecule has 0 saturated carbocycles. The minimum atomic E-state index is -0.911. The summed E-state index contributed by atoms with van der Waals surface area (Å²) in [6.45, 7) is 0.204. The summed E-state index contributed by atoms with van der Waals surface area (Å²) in [7, 11) is 1.54. The molecule has 1 unspecified atom stereocenters. The molecule has 0 aromatic carbocycles. The van der Waals surface area contributed by atoms with Crippen molar-refractivity contribution < 1.29 is 9.18 Å². The summed E-state index contributed by atoms with van der Waals surface area (Å²) in [5.74, 6) is -0.144. The van der Waals surface area contributed by atoms with E-state index in [1.165, 1.54) is 22.0 Å². The highest BCUT2D eigenvalue weighted by Gasteiger charge is 2.26. The number of hydrogen-bond acceptors (Lipinski definition) is 5. The van der Waals surface area contributed by atoms with E-state index in [-0.39, 0.29) is 24.1 Å². The molecule has 1 amide bonds. The lowest BCUT2D eigenvalue weighted by Gasteiger charge is -2.12. The fraction of sp³-hybridized carbons (Fsp3) is 0.364. The predicted molar refractivity (Wildman–Crippen MR) is 63.4 cm³/mol. The van der Waals surface area contributed by atoms with Gasteiger partial charge in [-0.05, 0) is 6.07 Å². The van der Waals surface area contributed by atoms with Gasteiger partial charge in [0.25, 0.3) is 11.9 Å². The third-order valence-corrected chi connectivity index (χ3v) is 2.96. The van der Waals surface area contributed by atoms with Gasteiger partial charge in [-0.25, -0.2) is 9.37 Å². The SMILES string of the molecule is CN(C(=O)c1cc2n(n1)CC(F)C2)c1nccnn1. The van der Waals surface area contributed by atoms with Crippen LogP contribution in [0.3, 0.4) is 0 Å². The van der Waals surface area contributed by atoms with Crippen LogP contribution in [-0.4, -0.2) is 44.1 Å². The highest BCUT2D eigenvalue weighted by atomic mass is 19.1. The van der Waals surface area contributed by atoms with Crippen molar-refractivity contribution in [2.45, 2.75) is 19.1 Å². The monoisotopic (exact) mass is 262 g/mol. The molecule has 3 rings (SSSR count). The van der Waals surface area contributed by atoms with Crippen molar-refractivity contribution in [2.75, 3.05) is 11.9 Å². The van der Waals surface area contributed by atoms with E-state index in [1.807, 2.05) is 0 Å². The molecular weight excluding hydrogens is 251 g/mol. The van der Waals surface area contributed by atoms with Gasteiger partial charge in [0, 0.05) is 19.2 Å². The van der Waals surface area contributed by atoms with E-state index in [0.29, 0.717) is 6.42 Å². The van der Waals surface area contributed by atoms with Crippen LogP contribution in [0, 0.1) is 0 Å². The van der Waals surface area contributed by atoms with E-state index in [0.717, 1.165) is 5.69 Å². The molecule has 2 aromatic heterocycles.